The van der Waals surface area contributed by atoms with Gasteiger partial charge in [0.15, 0.2) is 11.6 Å². The number of benzene rings is 6. The van der Waals surface area contributed by atoms with Gasteiger partial charge in [-0.3, -0.25) is 29.0 Å². The van der Waals surface area contributed by atoms with Crippen LogP contribution in [-0.2, 0) is 35.9 Å². The number of carbonyl (C=O) groups excluding carboxylic acids is 4. The van der Waals surface area contributed by atoms with Gasteiger partial charge in [0.2, 0.25) is 11.8 Å². The van der Waals surface area contributed by atoms with E-state index < -0.39 is 0 Å². The van der Waals surface area contributed by atoms with Gasteiger partial charge in [-0.2, -0.15) is 0 Å². The third kappa shape index (κ3) is 14.4. The quantitative estimate of drug-likeness (QED) is 0.0485. The number of rotatable bonds is 23. The first-order chi connectivity index (χ1) is 30.2. The summed E-state index contributed by atoms with van der Waals surface area (Å²) >= 11 is 0. The van der Waals surface area contributed by atoms with E-state index in [1.165, 1.54) is 13.8 Å². The lowest BCUT2D eigenvalue weighted by molar-refractivity contribution is -0.115. The van der Waals surface area contributed by atoms with Gasteiger partial charge in [-0.15, -0.1) is 0 Å². The monoisotopic (exact) mass is 830 g/mol. The lowest BCUT2D eigenvalue weighted by atomic mass is 10.1. The van der Waals surface area contributed by atoms with Gasteiger partial charge < -0.3 is 20.1 Å². The molecule has 0 fully saturated rings. The predicted molar refractivity (Wildman–Crippen MR) is 244 cm³/mol. The van der Waals surface area contributed by atoms with Crippen LogP contribution in [0, 0.1) is 0 Å². The maximum Gasteiger partial charge on any atom is 0.221 e. The Bertz CT molecular complexity index is 2210. The zero-order chi connectivity index (χ0) is 43.5. The average Bonchev–Trinajstić information content (AvgIpc) is 3.27. The number of unbranched alkanes of at least 4 members (excludes halogenated alkanes) is 1. The van der Waals surface area contributed by atoms with Crippen molar-refractivity contribution in [1.82, 2.24) is 9.80 Å². The summed E-state index contributed by atoms with van der Waals surface area (Å²) in [5, 5.41) is 5.67. The molecule has 0 saturated carbocycles. The second kappa shape index (κ2) is 23.2. The second-order valence-electron chi connectivity index (χ2n) is 15.3. The van der Waals surface area contributed by atoms with Crippen LogP contribution in [0.5, 0.6) is 11.5 Å². The van der Waals surface area contributed by atoms with Crippen molar-refractivity contribution in [2.75, 3.05) is 36.8 Å². The molecule has 0 spiro atoms. The summed E-state index contributed by atoms with van der Waals surface area (Å²) in [5.74, 6) is 0.299. The molecule has 0 heterocycles. The third-order valence-electron chi connectivity index (χ3n) is 10.1. The summed E-state index contributed by atoms with van der Waals surface area (Å²) in [5.41, 5.74) is 6.00. The smallest absolute Gasteiger partial charge is 0.221 e. The summed E-state index contributed by atoms with van der Waals surface area (Å²) in [6.45, 7) is 6.30. The number of hydrogen-bond acceptors (Lipinski definition) is 8. The van der Waals surface area contributed by atoms with Crippen molar-refractivity contribution in [3.05, 3.63) is 191 Å². The van der Waals surface area contributed by atoms with Crippen LogP contribution in [0.2, 0.25) is 0 Å². The van der Waals surface area contributed by atoms with Crippen LogP contribution in [-0.4, -0.2) is 59.4 Å². The van der Waals surface area contributed by atoms with Crippen molar-refractivity contribution in [2.45, 2.75) is 53.0 Å². The molecule has 6 aromatic carbocycles. The number of ketones is 2. The van der Waals surface area contributed by atoms with Gasteiger partial charge in [0.1, 0.15) is 24.7 Å². The molecule has 0 bridgehead atoms. The van der Waals surface area contributed by atoms with E-state index >= 15 is 0 Å². The Hall–Kier alpha value is -6.88. The van der Waals surface area contributed by atoms with Crippen molar-refractivity contribution in [1.29, 1.82) is 0 Å². The molecule has 2 N–H and O–H groups in total. The first-order valence-electron chi connectivity index (χ1n) is 20.9. The second-order valence-corrected chi connectivity index (χ2v) is 15.3. The Morgan fingerprint density at radius 2 is 0.790 bits per heavy atom. The first kappa shape index (κ1) is 44.7. The van der Waals surface area contributed by atoms with E-state index in [9.17, 15) is 19.2 Å². The minimum Gasteiger partial charge on any atom is -0.487 e. The van der Waals surface area contributed by atoms with Crippen LogP contribution in [0.25, 0.3) is 0 Å². The number of ether oxygens (including phenoxy) is 2. The average molecular weight is 831 g/mol. The Kier molecular flexibility index (Phi) is 16.7. The third-order valence-corrected chi connectivity index (χ3v) is 10.1. The van der Waals surface area contributed by atoms with Gasteiger partial charge in [0.05, 0.1) is 24.5 Å². The van der Waals surface area contributed by atoms with E-state index in [-0.39, 0.29) is 36.5 Å². The summed E-state index contributed by atoms with van der Waals surface area (Å²) in [4.78, 5) is 56.4. The zero-order valence-electron chi connectivity index (χ0n) is 35.4. The molecular weight excluding hydrogens is 777 g/mol. The van der Waals surface area contributed by atoms with E-state index in [0.717, 1.165) is 35.1 Å². The molecule has 62 heavy (non-hydrogen) atoms. The largest absolute Gasteiger partial charge is 0.487 e. The van der Waals surface area contributed by atoms with E-state index in [1.807, 2.05) is 97.1 Å². The Balaban J connectivity index is 1.12. The summed E-state index contributed by atoms with van der Waals surface area (Å²) in [6.07, 6.45) is 1.56. The highest BCUT2D eigenvalue weighted by atomic mass is 16.5. The SMILES string of the molecule is CC(=O)Nc1cc(C(=O)CN(CCCCN(CC(=O)c2ccc(OCc3ccccc3)c(NC(C)=O)c2)Cc2ccccc2)Cc2ccccc2)ccc1OCc1ccccc1. The number of nitrogens with one attached hydrogen (secondary N) is 2. The number of anilines is 2. The van der Waals surface area contributed by atoms with E-state index in [2.05, 4.69) is 44.7 Å². The number of hydrogen-bond donors (Lipinski definition) is 2. The Morgan fingerprint density at radius 3 is 1.13 bits per heavy atom. The Morgan fingerprint density at radius 1 is 0.452 bits per heavy atom. The molecule has 10 nitrogen and oxygen atoms in total. The van der Waals surface area contributed by atoms with Crippen molar-refractivity contribution in [3.8, 4) is 11.5 Å². The standard InChI is InChI=1S/C52H54N4O6/c1-39(57)53-47-31-45(25-27-51(47)61-37-43-21-11-5-12-22-43)49(59)35-55(33-41-17-7-3-8-18-41)29-15-16-30-56(34-42-19-9-4-10-20-42)36-50(60)46-26-28-52(48(32-46)54-40(2)58)62-38-44-23-13-6-14-24-44/h3-14,17-28,31-32H,15-16,29-30,33-38H2,1-2H3,(H,53,57)(H,54,58). The molecule has 0 aromatic heterocycles. The molecule has 0 saturated heterocycles. The van der Waals surface area contributed by atoms with Gasteiger partial charge in [0.25, 0.3) is 0 Å². The van der Waals surface area contributed by atoms with Crippen molar-refractivity contribution < 1.29 is 28.7 Å². The molecule has 0 aliphatic heterocycles. The minimum atomic E-state index is -0.260. The molecule has 0 aliphatic carbocycles. The molecule has 2 amide bonds. The number of Topliss-reactive ketones (excluding diaryl/α,β-unsaturated/α-hetero) is 2. The molecule has 0 aliphatic rings. The van der Waals surface area contributed by atoms with Crippen LogP contribution in [0.4, 0.5) is 11.4 Å². The summed E-state index contributed by atoms with van der Waals surface area (Å²) in [6, 6.07) is 50.0. The van der Waals surface area contributed by atoms with E-state index in [4.69, 9.17) is 9.47 Å². The van der Waals surface area contributed by atoms with Crippen LogP contribution in [0.1, 0.15) is 69.7 Å². The maximum absolute atomic E-state index is 13.9. The Labute approximate surface area is 364 Å². The summed E-state index contributed by atoms with van der Waals surface area (Å²) in [7, 11) is 0. The fourth-order valence-corrected chi connectivity index (χ4v) is 7.07. The minimum absolute atomic E-state index is 0.0754. The normalized spacial score (nSPS) is 11.0. The number of nitrogens with zero attached hydrogens (tertiary/aromatic N) is 2. The molecule has 0 radical (unpaired) electrons. The van der Waals surface area contributed by atoms with Crippen molar-refractivity contribution in [3.63, 3.8) is 0 Å². The fourth-order valence-electron chi connectivity index (χ4n) is 7.07. The highest BCUT2D eigenvalue weighted by molar-refractivity contribution is 6.01. The van der Waals surface area contributed by atoms with Gasteiger partial charge in [-0.05, 0) is 84.6 Å². The van der Waals surface area contributed by atoms with Crippen molar-refractivity contribution >= 4 is 34.8 Å². The van der Waals surface area contributed by atoms with Crippen LogP contribution in [0.15, 0.2) is 158 Å². The zero-order valence-corrected chi connectivity index (χ0v) is 35.4. The first-order valence-corrected chi connectivity index (χ1v) is 20.9. The molecule has 318 valence electrons. The predicted octanol–water partition coefficient (Wildman–Crippen LogP) is 9.61. The topological polar surface area (TPSA) is 117 Å². The number of amides is 2. The lowest BCUT2D eigenvalue weighted by Gasteiger charge is -2.25. The fraction of sp³-hybridized carbons (Fsp3) is 0.231. The van der Waals surface area contributed by atoms with Gasteiger partial charge in [-0.25, -0.2) is 0 Å². The molecule has 6 aromatic rings. The highest BCUT2D eigenvalue weighted by Crippen LogP contribution is 2.29. The van der Waals surface area contributed by atoms with Gasteiger partial charge >= 0.3 is 0 Å². The highest BCUT2D eigenvalue weighted by Gasteiger charge is 2.19. The summed E-state index contributed by atoms with van der Waals surface area (Å²) < 4.78 is 12.1. The molecular formula is C52H54N4O6. The molecule has 10 heteroatoms. The van der Waals surface area contributed by atoms with Crippen LogP contribution >= 0.6 is 0 Å². The van der Waals surface area contributed by atoms with E-state index in [0.29, 0.717) is 73.4 Å². The van der Waals surface area contributed by atoms with Gasteiger partial charge in [0, 0.05) is 38.1 Å². The number of carbonyl (C=O) groups is 4. The molecule has 6 rings (SSSR count). The van der Waals surface area contributed by atoms with Crippen LogP contribution < -0.4 is 20.1 Å². The van der Waals surface area contributed by atoms with Crippen molar-refractivity contribution in [2.24, 2.45) is 0 Å². The molecule has 0 unspecified atom stereocenters. The molecule has 0 atom stereocenters. The lowest BCUT2D eigenvalue weighted by Crippen LogP contribution is -2.33. The van der Waals surface area contributed by atoms with Crippen LogP contribution in [0.3, 0.4) is 0 Å². The maximum atomic E-state index is 13.9. The van der Waals surface area contributed by atoms with E-state index in [1.54, 1.807) is 36.4 Å². The van der Waals surface area contributed by atoms with Gasteiger partial charge in [-0.1, -0.05) is 121 Å².